The molecule has 0 aliphatic rings. The maximum atomic E-state index is 10.4. The summed E-state index contributed by atoms with van der Waals surface area (Å²) in [5.41, 5.74) is 0.453. The van der Waals surface area contributed by atoms with Crippen LogP contribution in [0.3, 0.4) is 0 Å². The van der Waals surface area contributed by atoms with Gasteiger partial charge in [-0.3, -0.25) is 0 Å². The quantitative estimate of drug-likeness (QED) is 0.378. The second kappa shape index (κ2) is 8.17. The first kappa shape index (κ1) is 12.6. The third-order valence-electron chi connectivity index (χ3n) is 1.90. The van der Waals surface area contributed by atoms with Gasteiger partial charge in [0.05, 0.1) is 0 Å². The highest BCUT2D eigenvalue weighted by Gasteiger charge is 1.97. The molecule has 0 unspecified atom stereocenters. The number of hydrogen-bond acceptors (Lipinski definition) is 2. The van der Waals surface area contributed by atoms with Crippen molar-refractivity contribution >= 4 is 18.6 Å². The molecular weight excluding hydrogens is 184 g/mol. The summed E-state index contributed by atoms with van der Waals surface area (Å²) in [5.74, 6) is 0.139. The molecule has 0 aromatic rings. The summed E-state index contributed by atoms with van der Waals surface area (Å²) < 4.78 is 0. The van der Waals surface area contributed by atoms with E-state index < -0.39 is 5.97 Å². The van der Waals surface area contributed by atoms with Crippen LogP contribution in [-0.4, -0.2) is 16.8 Å². The van der Waals surface area contributed by atoms with Crippen molar-refractivity contribution in [1.82, 2.24) is 0 Å². The molecule has 1 N–H and O–H groups in total. The lowest BCUT2D eigenvalue weighted by molar-refractivity contribution is -0.132. The summed E-state index contributed by atoms with van der Waals surface area (Å²) in [7, 11) is 0. The number of aliphatic carboxylic acids is 1. The Kier molecular flexibility index (Phi) is 7.90. The molecule has 0 heterocycles. The van der Waals surface area contributed by atoms with Gasteiger partial charge in [0.2, 0.25) is 0 Å². The van der Waals surface area contributed by atoms with E-state index in [2.05, 4.69) is 12.6 Å². The van der Waals surface area contributed by atoms with Crippen LogP contribution in [0, 0.1) is 0 Å². The summed E-state index contributed by atoms with van der Waals surface area (Å²) >= 11 is 4.12. The maximum absolute atomic E-state index is 10.4. The Morgan fingerprint density at radius 1 is 1.31 bits per heavy atom. The van der Waals surface area contributed by atoms with Crippen molar-refractivity contribution in [2.45, 2.75) is 39.0 Å². The van der Waals surface area contributed by atoms with E-state index in [1.54, 1.807) is 13.0 Å². The highest BCUT2D eigenvalue weighted by atomic mass is 32.1. The molecule has 0 saturated carbocycles. The van der Waals surface area contributed by atoms with Crippen LogP contribution in [0.15, 0.2) is 11.6 Å². The average Bonchev–Trinajstić information content (AvgIpc) is 2.10. The van der Waals surface area contributed by atoms with E-state index in [1.165, 1.54) is 12.8 Å². The Labute approximate surface area is 85.4 Å². The number of hydrogen-bond donors (Lipinski definition) is 2. The molecule has 0 aliphatic carbocycles. The van der Waals surface area contributed by atoms with Gasteiger partial charge in [0, 0.05) is 5.57 Å². The SMILES string of the molecule is CC(=CCCCCCCS)C(=O)O. The Balaban J connectivity index is 3.34. The van der Waals surface area contributed by atoms with E-state index in [1.807, 2.05) is 0 Å². The molecule has 0 rings (SSSR count). The second-order valence-electron chi connectivity index (χ2n) is 3.12. The normalized spacial score (nSPS) is 11.7. The Morgan fingerprint density at radius 3 is 2.46 bits per heavy atom. The van der Waals surface area contributed by atoms with Crippen molar-refractivity contribution < 1.29 is 9.90 Å². The van der Waals surface area contributed by atoms with Gasteiger partial charge in [-0.1, -0.05) is 18.9 Å². The predicted molar refractivity (Wildman–Crippen MR) is 58.3 cm³/mol. The molecule has 2 nitrogen and oxygen atoms in total. The summed E-state index contributed by atoms with van der Waals surface area (Å²) in [6.07, 6.45) is 7.28. The summed E-state index contributed by atoms with van der Waals surface area (Å²) in [6.45, 7) is 1.63. The van der Waals surface area contributed by atoms with Gasteiger partial charge < -0.3 is 5.11 Å². The van der Waals surface area contributed by atoms with Crippen molar-refractivity contribution in [3.8, 4) is 0 Å². The first-order valence-electron chi connectivity index (χ1n) is 4.69. The number of allylic oxidation sites excluding steroid dienone is 1. The van der Waals surface area contributed by atoms with Crippen LogP contribution in [0.5, 0.6) is 0 Å². The van der Waals surface area contributed by atoms with Gasteiger partial charge in [0.15, 0.2) is 0 Å². The molecule has 0 spiro atoms. The van der Waals surface area contributed by atoms with E-state index in [9.17, 15) is 4.79 Å². The number of carboxylic acid groups (broad SMARTS) is 1. The summed E-state index contributed by atoms with van der Waals surface area (Å²) in [6, 6.07) is 0. The number of rotatable bonds is 7. The molecule has 0 fully saturated rings. The molecule has 3 heteroatoms. The molecule has 0 aliphatic heterocycles. The van der Waals surface area contributed by atoms with Crippen molar-refractivity contribution in [1.29, 1.82) is 0 Å². The van der Waals surface area contributed by atoms with Crippen molar-refractivity contribution in [2.75, 3.05) is 5.75 Å². The fourth-order valence-corrected chi connectivity index (χ4v) is 1.24. The van der Waals surface area contributed by atoms with E-state index >= 15 is 0 Å². The second-order valence-corrected chi connectivity index (χ2v) is 3.57. The molecule has 0 aromatic carbocycles. The number of thiol groups is 1. The van der Waals surface area contributed by atoms with Crippen LogP contribution >= 0.6 is 12.6 Å². The van der Waals surface area contributed by atoms with Crippen LogP contribution < -0.4 is 0 Å². The molecule has 0 aromatic heterocycles. The molecule has 0 amide bonds. The zero-order chi connectivity index (χ0) is 10.1. The van der Waals surface area contributed by atoms with E-state index in [0.717, 1.165) is 25.0 Å². The molecule has 13 heavy (non-hydrogen) atoms. The van der Waals surface area contributed by atoms with Crippen molar-refractivity contribution in [2.24, 2.45) is 0 Å². The predicted octanol–water partition coefficient (Wildman–Crippen LogP) is 2.90. The van der Waals surface area contributed by atoms with Crippen LogP contribution in [-0.2, 0) is 4.79 Å². The van der Waals surface area contributed by atoms with E-state index in [0.29, 0.717) is 5.57 Å². The van der Waals surface area contributed by atoms with Gasteiger partial charge in [0.1, 0.15) is 0 Å². The van der Waals surface area contributed by atoms with Crippen LogP contribution in [0.2, 0.25) is 0 Å². The van der Waals surface area contributed by atoms with Gasteiger partial charge in [-0.25, -0.2) is 4.79 Å². The minimum absolute atomic E-state index is 0.453. The fourth-order valence-electron chi connectivity index (χ4n) is 1.02. The van der Waals surface area contributed by atoms with Crippen molar-refractivity contribution in [3.63, 3.8) is 0 Å². The van der Waals surface area contributed by atoms with Crippen LogP contribution in [0.1, 0.15) is 39.0 Å². The van der Waals surface area contributed by atoms with Gasteiger partial charge in [-0.15, -0.1) is 0 Å². The highest BCUT2D eigenvalue weighted by Crippen LogP contribution is 2.06. The summed E-state index contributed by atoms with van der Waals surface area (Å²) in [4.78, 5) is 10.4. The largest absolute Gasteiger partial charge is 0.478 e. The smallest absolute Gasteiger partial charge is 0.330 e. The summed E-state index contributed by atoms with van der Waals surface area (Å²) in [5, 5.41) is 8.54. The lowest BCUT2D eigenvalue weighted by atomic mass is 10.1. The van der Waals surface area contributed by atoms with Gasteiger partial charge in [-0.05, 0) is 31.9 Å². The third kappa shape index (κ3) is 7.91. The molecule has 0 atom stereocenters. The van der Waals surface area contributed by atoms with E-state index in [-0.39, 0.29) is 0 Å². The number of carbonyl (C=O) groups is 1. The van der Waals surface area contributed by atoms with Gasteiger partial charge >= 0.3 is 5.97 Å². The van der Waals surface area contributed by atoms with Crippen LogP contribution in [0.4, 0.5) is 0 Å². The van der Waals surface area contributed by atoms with Gasteiger partial charge in [-0.2, -0.15) is 12.6 Å². The zero-order valence-electron chi connectivity index (χ0n) is 8.12. The Morgan fingerprint density at radius 2 is 1.92 bits per heavy atom. The maximum Gasteiger partial charge on any atom is 0.330 e. The monoisotopic (exact) mass is 202 g/mol. The minimum atomic E-state index is -0.810. The van der Waals surface area contributed by atoms with Crippen molar-refractivity contribution in [3.05, 3.63) is 11.6 Å². The molecule has 76 valence electrons. The number of unbranched alkanes of at least 4 members (excludes halogenated alkanes) is 4. The topological polar surface area (TPSA) is 37.3 Å². The molecule has 0 bridgehead atoms. The van der Waals surface area contributed by atoms with E-state index in [4.69, 9.17) is 5.11 Å². The molecule has 0 saturated heterocycles. The first-order valence-corrected chi connectivity index (χ1v) is 5.32. The lowest BCUT2D eigenvalue weighted by Gasteiger charge is -1.97. The Bertz CT molecular complexity index is 176. The standard InChI is InChI=1S/C10H18O2S/c1-9(10(11)12)7-5-3-2-4-6-8-13/h7,13H,2-6,8H2,1H3,(H,11,12). The average molecular weight is 202 g/mol. The third-order valence-corrected chi connectivity index (χ3v) is 2.22. The minimum Gasteiger partial charge on any atom is -0.478 e. The first-order chi connectivity index (χ1) is 6.18. The lowest BCUT2D eigenvalue weighted by Crippen LogP contribution is -1.95. The Hall–Kier alpha value is -0.440. The molecular formula is C10H18O2S. The van der Waals surface area contributed by atoms with Gasteiger partial charge in [0.25, 0.3) is 0 Å². The number of carboxylic acids is 1. The van der Waals surface area contributed by atoms with Crippen LogP contribution in [0.25, 0.3) is 0 Å². The molecule has 0 radical (unpaired) electrons. The fraction of sp³-hybridized carbons (Fsp3) is 0.700. The zero-order valence-corrected chi connectivity index (χ0v) is 9.02. The highest BCUT2D eigenvalue weighted by molar-refractivity contribution is 7.80.